The van der Waals surface area contributed by atoms with E-state index in [4.69, 9.17) is 23.7 Å². The first-order chi connectivity index (χ1) is 24.7. The molecule has 4 rings (SSSR count). The molecule has 1 N–H and O–H groups in total. The maximum Gasteiger partial charge on any atom is 0.265 e. The monoisotopic (exact) mass is 733 g/mol. The molecule has 52 heavy (non-hydrogen) atoms. The van der Waals surface area contributed by atoms with Crippen molar-refractivity contribution in [2.24, 2.45) is 0 Å². The van der Waals surface area contributed by atoms with Crippen LogP contribution >= 0.6 is 0 Å². The van der Waals surface area contributed by atoms with Gasteiger partial charge in [0.05, 0.1) is 46.1 Å². The second-order valence-corrected chi connectivity index (χ2v) is 14.7. The molecule has 0 radical (unpaired) electrons. The number of benzene rings is 4. The van der Waals surface area contributed by atoms with Crippen molar-refractivity contribution in [3.63, 3.8) is 0 Å². The fraction of sp³-hybridized carbons (Fsp3) is 0.333. The van der Waals surface area contributed by atoms with Crippen LogP contribution in [0.15, 0.2) is 95.9 Å². The van der Waals surface area contributed by atoms with E-state index in [0.717, 1.165) is 9.87 Å². The summed E-state index contributed by atoms with van der Waals surface area (Å²) in [4.78, 5) is 30.4. The van der Waals surface area contributed by atoms with Crippen LogP contribution in [-0.2, 0) is 32.6 Å². The van der Waals surface area contributed by atoms with Crippen LogP contribution in [0.25, 0.3) is 0 Å². The van der Waals surface area contributed by atoms with E-state index in [0.29, 0.717) is 22.8 Å². The van der Waals surface area contributed by atoms with E-state index >= 15 is 0 Å². The van der Waals surface area contributed by atoms with Crippen molar-refractivity contribution in [1.29, 1.82) is 0 Å². The zero-order valence-electron chi connectivity index (χ0n) is 30.8. The van der Waals surface area contributed by atoms with Crippen molar-refractivity contribution < 1.29 is 41.7 Å². The molecule has 0 unspecified atom stereocenters. The second kappa shape index (κ2) is 17.2. The number of anilines is 1. The smallest absolute Gasteiger partial charge is 0.265 e. The molecule has 0 saturated heterocycles. The molecule has 0 saturated carbocycles. The fourth-order valence-electron chi connectivity index (χ4n) is 5.58. The molecular weight excluding hydrogens is 687 g/mol. The number of nitrogens with one attached hydrogen (secondary N) is 1. The van der Waals surface area contributed by atoms with E-state index in [1.54, 1.807) is 30.3 Å². The third-order valence-electron chi connectivity index (χ3n) is 8.13. The lowest BCUT2D eigenvalue weighted by atomic mass is 10.0. The summed E-state index contributed by atoms with van der Waals surface area (Å²) in [6.45, 7) is 4.81. The summed E-state index contributed by atoms with van der Waals surface area (Å²) in [7, 11) is 2.70. The van der Waals surface area contributed by atoms with Gasteiger partial charge in [0.2, 0.25) is 11.8 Å². The van der Waals surface area contributed by atoms with E-state index in [9.17, 15) is 18.0 Å². The maximum atomic E-state index is 14.9. The van der Waals surface area contributed by atoms with Gasteiger partial charge in [-0.1, -0.05) is 42.5 Å². The van der Waals surface area contributed by atoms with Gasteiger partial charge in [-0.3, -0.25) is 13.9 Å². The standard InChI is InChI=1S/C39H47N3O9S/c1-39(2,3)40-38(44)33(22-27-13-10-9-11-14-27)41(25-28-15-12-16-29(21-28)47-4)37(43)26-42(32-23-30(48-5)17-19-34(32)49-6)52(45,46)31-18-20-35(50-7)36(24-31)51-8/h9-21,23-24,33H,22,25-26H2,1-8H3,(H,40,44)/t33-/m0/s1. The highest BCUT2D eigenvalue weighted by molar-refractivity contribution is 7.92. The molecule has 2 amide bonds. The topological polar surface area (TPSA) is 133 Å². The summed E-state index contributed by atoms with van der Waals surface area (Å²) in [5.74, 6) is 0.499. The number of nitrogens with zero attached hydrogens (tertiary/aromatic N) is 2. The number of amides is 2. The molecule has 0 aliphatic heterocycles. The number of hydrogen-bond acceptors (Lipinski definition) is 9. The Kier molecular flexibility index (Phi) is 13.0. The van der Waals surface area contributed by atoms with Crippen LogP contribution in [0.2, 0.25) is 0 Å². The van der Waals surface area contributed by atoms with Crippen LogP contribution in [0.3, 0.4) is 0 Å². The van der Waals surface area contributed by atoms with Crippen molar-refractivity contribution in [1.82, 2.24) is 10.2 Å². The van der Waals surface area contributed by atoms with Crippen molar-refractivity contribution in [3.8, 4) is 28.7 Å². The molecular formula is C39H47N3O9S. The van der Waals surface area contributed by atoms with Gasteiger partial charge in [-0.05, 0) is 68.3 Å². The Bertz CT molecular complexity index is 1950. The van der Waals surface area contributed by atoms with E-state index in [2.05, 4.69) is 5.32 Å². The summed E-state index contributed by atoms with van der Waals surface area (Å²) in [6, 6.07) is 24.2. The summed E-state index contributed by atoms with van der Waals surface area (Å²) in [5.41, 5.74) is 0.893. The van der Waals surface area contributed by atoms with Crippen molar-refractivity contribution >= 4 is 27.5 Å². The van der Waals surface area contributed by atoms with Crippen LogP contribution in [0.5, 0.6) is 28.7 Å². The first-order valence-electron chi connectivity index (χ1n) is 16.5. The largest absolute Gasteiger partial charge is 0.497 e. The van der Waals surface area contributed by atoms with Gasteiger partial charge in [0.1, 0.15) is 29.8 Å². The Labute approximate surface area is 306 Å². The molecule has 0 aromatic heterocycles. The Balaban J connectivity index is 1.92. The molecule has 0 aliphatic carbocycles. The number of ether oxygens (including phenoxy) is 5. The lowest BCUT2D eigenvalue weighted by Gasteiger charge is -2.35. The average Bonchev–Trinajstić information content (AvgIpc) is 3.14. The highest BCUT2D eigenvalue weighted by Crippen LogP contribution is 2.38. The summed E-state index contributed by atoms with van der Waals surface area (Å²) in [5, 5.41) is 3.03. The van der Waals surface area contributed by atoms with E-state index < -0.39 is 40.0 Å². The Morgan fingerprint density at radius 1 is 0.692 bits per heavy atom. The second-order valence-electron chi connectivity index (χ2n) is 12.9. The highest BCUT2D eigenvalue weighted by Gasteiger charge is 2.37. The molecule has 1 atom stereocenters. The summed E-state index contributed by atoms with van der Waals surface area (Å²) in [6.07, 6.45) is 0.156. The van der Waals surface area contributed by atoms with Gasteiger partial charge >= 0.3 is 0 Å². The zero-order chi connectivity index (χ0) is 38.1. The molecule has 13 heteroatoms. The van der Waals surface area contributed by atoms with Crippen LogP contribution < -0.4 is 33.3 Å². The molecule has 12 nitrogen and oxygen atoms in total. The Morgan fingerprint density at radius 2 is 1.31 bits per heavy atom. The number of rotatable bonds is 16. The van der Waals surface area contributed by atoms with E-state index in [1.807, 2.05) is 57.2 Å². The van der Waals surface area contributed by atoms with Crippen LogP contribution in [0.4, 0.5) is 5.69 Å². The van der Waals surface area contributed by atoms with Crippen LogP contribution in [-0.4, -0.2) is 78.8 Å². The third kappa shape index (κ3) is 9.66. The van der Waals surface area contributed by atoms with Gasteiger partial charge < -0.3 is 33.9 Å². The van der Waals surface area contributed by atoms with Crippen LogP contribution in [0, 0.1) is 0 Å². The lowest BCUT2D eigenvalue weighted by molar-refractivity contribution is -0.140. The summed E-state index contributed by atoms with van der Waals surface area (Å²) < 4.78 is 57.7. The normalized spacial score (nSPS) is 11.9. The molecule has 0 bridgehead atoms. The minimum atomic E-state index is -4.52. The predicted molar refractivity (Wildman–Crippen MR) is 199 cm³/mol. The molecule has 4 aromatic carbocycles. The zero-order valence-corrected chi connectivity index (χ0v) is 31.7. The van der Waals surface area contributed by atoms with Gasteiger partial charge in [0.25, 0.3) is 10.0 Å². The van der Waals surface area contributed by atoms with Crippen molar-refractivity contribution in [3.05, 3.63) is 102 Å². The minimum Gasteiger partial charge on any atom is -0.497 e. The van der Waals surface area contributed by atoms with Crippen molar-refractivity contribution in [2.75, 3.05) is 46.4 Å². The SMILES string of the molecule is COc1cccc(CN(C(=O)CN(c2cc(OC)ccc2OC)S(=O)(=O)c2ccc(OC)c(OC)c2)[C@@H](Cc2ccccc2)C(=O)NC(C)(C)C)c1. The van der Waals surface area contributed by atoms with E-state index in [-0.39, 0.29) is 35.0 Å². The van der Waals surface area contributed by atoms with E-state index in [1.165, 1.54) is 64.7 Å². The number of carbonyl (C=O) groups is 2. The first kappa shape index (κ1) is 39.4. The van der Waals surface area contributed by atoms with Crippen LogP contribution in [0.1, 0.15) is 31.9 Å². The molecule has 4 aromatic rings. The maximum absolute atomic E-state index is 14.9. The quantitative estimate of drug-likeness (QED) is 0.159. The summed E-state index contributed by atoms with van der Waals surface area (Å²) >= 11 is 0. The minimum absolute atomic E-state index is 0.0371. The van der Waals surface area contributed by atoms with Gasteiger partial charge in [-0.2, -0.15) is 0 Å². The third-order valence-corrected chi connectivity index (χ3v) is 9.89. The number of carbonyl (C=O) groups excluding carboxylic acids is 2. The van der Waals surface area contributed by atoms with Gasteiger partial charge in [-0.25, -0.2) is 8.42 Å². The highest BCUT2D eigenvalue weighted by atomic mass is 32.2. The van der Waals surface area contributed by atoms with Crippen molar-refractivity contribution in [2.45, 2.75) is 50.2 Å². The Hall–Kier alpha value is -5.43. The Morgan fingerprint density at radius 3 is 1.92 bits per heavy atom. The predicted octanol–water partition coefficient (Wildman–Crippen LogP) is 5.48. The van der Waals surface area contributed by atoms with Gasteiger partial charge in [0, 0.05) is 30.6 Å². The lowest BCUT2D eigenvalue weighted by Crippen LogP contribution is -2.56. The molecule has 0 spiro atoms. The number of sulfonamides is 1. The number of methoxy groups -OCH3 is 5. The molecule has 0 fully saturated rings. The van der Waals surface area contributed by atoms with Gasteiger partial charge in [0.15, 0.2) is 11.5 Å². The molecule has 0 aliphatic rings. The molecule has 0 heterocycles. The first-order valence-corrected chi connectivity index (χ1v) is 17.9. The average molecular weight is 734 g/mol. The fourth-order valence-corrected chi connectivity index (χ4v) is 7.02. The number of hydrogen-bond donors (Lipinski definition) is 1. The molecule has 278 valence electrons. The van der Waals surface area contributed by atoms with Gasteiger partial charge in [-0.15, -0.1) is 0 Å².